The van der Waals surface area contributed by atoms with E-state index < -0.39 is 21.6 Å². The summed E-state index contributed by atoms with van der Waals surface area (Å²) < 4.78 is 53.8. The summed E-state index contributed by atoms with van der Waals surface area (Å²) in [5.74, 6) is -0.128. The second-order valence-electron chi connectivity index (χ2n) is 7.41. The van der Waals surface area contributed by atoms with E-state index in [1.54, 1.807) is 18.2 Å². The molecule has 0 N–H and O–H groups in total. The fraction of sp³-hybridized carbons (Fsp3) is 0.304. The first-order chi connectivity index (χ1) is 16.3. The highest BCUT2D eigenvalue weighted by Gasteiger charge is 2.30. The number of esters is 1. The minimum atomic E-state index is -3.91. The summed E-state index contributed by atoms with van der Waals surface area (Å²) in [6.07, 6.45) is 0. The molecule has 1 aliphatic heterocycles. The van der Waals surface area contributed by atoms with E-state index in [0.717, 1.165) is 0 Å². The van der Waals surface area contributed by atoms with Crippen LogP contribution in [0.4, 0.5) is 0 Å². The predicted molar refractivity (Wildman–Crippen MR) is 121 cm³/mol. The van der Waals surface area contributed by atoms with E-state index in [9.17, 15) is 18.0 Å². The molecular weight excluding hydrogens is 466 g/mol. The van der Waals surface area contributed by atoms with E-state index in [1.165, 1.54) is 42.8 Å². The van der Waals surface area contributed by atoms with Crippen molar-refractivity contribution in [2.45, 2.75) is 11.5 Å². The first-order valence-electron chi connectivity index (χ1n) is 10.4. The summed E-state index contributed by atoms with van der Waals surface area (Å²) in [5.41, 5.74) is 0.162. The number of methoxy groups -OCH3 is 2. The van der Waals surface area contributed by atoms with Crippen LogP contribution in [-0.4, -0.2) is 59.2 Å². The third-order valence-corrected chi connectivity index (χ3v) is 7.30. The molecule has 0 unspecified atom stereocenters. The van der Waals surface area contributed by atoms with Crippen molar-refractivity contribution in [2.24, 2.45) is 0 Å². The van der Waals surface area contributed by atoms with Crippen LogP contribution >= 0.6 is 0 Å². The topological polar surface area (TPSA) is 122 Å². The van der Waals surface area contributed by atoms with Crippen molar-refractivity contribution in [3.63, 3.8) is 0 Å². The summed E-state index contributed by atoms with van der Waals surface area (Å²) in [5, 5.41) is 0.582. The van der Waals surface area contributed by atoms with Gasteiger partial charge in [-0.05, 0) is 30.3 Å². The zero-order valence-corrected chi connectivity index (χ0v) is 19.4. The first kappa shape index (κ1) is 23.7. The number of hydrogen-bond acceptors (Lipinski definition) is 9. The normalized spacial score (nSPS) is 14.6. The molecule has 0 aliphatic carbocycles. The summed E-state index contributed by atoms with van der Waals surface area (Å²) in [6, 6.07) is 10.2. The van der Waals surface area contributed by atoms with Gasteiger partial charge in [0, 0.05) is 36.2 Å². The molecule has 2 aromatic carbocycles. The van der Waals surface area contributed by atoms with Crippen molar-refractivity contribution in [3.8, 4) is 11.5 Å². The van der Waals surface area contributed by atoms with Gasteiger partial charge in [0.25, 0.3) is 0 Å². The molecule has 0 bridgehead atoms. The summed E-state index contributed by atoms with van der Waals surface area (Å²) in [7, 11) is -1.07. The Hall–Kier alpha value is -3.41. The molecule has 1 aliphatic rings. The Balaban J connectivity index is 1.60. The zero-order valence-electron chi connectivity index (χ0n) is 18.6. The maximum absolute atomic E-state index is 13.1. The van der Waals surface area contributed by atoms with Gasteiger partial charge < -0.3 is 23.4 Å². The highest BCUT2D eigenvalue weighted by molar-refractivity contribution is 7.89. The average molecular weight is 490 g/mol. The molecule has 2 heterocycles. The molecular formula is C23H23NO9S. The van der Waals surface area contributed by atoms with Gasteiger partial charge in [0.15, 0.2) is 0 Å². The van der Waals surface area contributed by atoms with E-state index >= 15 is 0 Å². The smallest absolute Gasteiger partial charge is 0.338 e. The molecule has 1 saturated heterocycles. The van der Waals surface area contributed by atoms with Crippen molar-refractivity contribution >= 4 is 27.0 Å². The number of fused-ring (bicyclic) bond motifs is 1. The molecule has 10 nitrogen and oxygen atoms in total. The van der Waals surface area contributed by atoms with E-state index in [1.807, 2.05) is 0 Å². The molecule has 3 aromatic rings. The van der Waals surface area contributed by atoms with Gasteiger partial charge in [0.2, 0.25) is 10.0 Å². The van der Waals surface area contributed by atoms with Gasteiger partial charge >= 0.3 is 11.6 Å². The molecule has 1 aromatic heterocycles. The van der Waals surface area contributed by atoms with E-state index in [2.05, 4.69) is 0 Å². The number of nitrogens with zero attached hydrogens (tertiary/aromatic N) is 1. The van der Waals surface area contributed by atoms with Crippen molar-refractivity contribution < 1.29 is 36.6 Å². The van der Waals surface area contributed by atoms with Crippen LogP contribution in [0.2, 0.25) is 0 Å². The van der Waals surface area contributed by atoms with Crippen LogP contribution in [0.5, 0.6) is 11.5 Å². The van der Waals surface area contributed by atoms with Crippen LogP contribution in [0.25, 0.3) is 11.0 Å². The van der Waals surface area contributed by atoms with Gasteiger partial charge in [-0.3, -0.25) is 0 Å². The number of carbonyl (C=O) groups is 1. The van der Waals surface area contributed by atoms with Crippen LogP contribution in [0.15, 0.2) is 56.6 Å². The van der Waals surface area contributed by atoms with Gasteiger partial charge in [-0.1, -0.05) is 0 Å². The van der Waals surface area contributed by atoms with Crippen LogP contribution in [0.1, 0.15) is 15.9 Å². The molecule has 4 rings (SSSR count). The summed E-state index contributed by atoms with van der Waals surface area (Å²) in [6.45, 7) is 0.760. The Kier molecular flexibility index (Phi) is 6.87. The number of benzene rings is 2. The Morgan fingerprint density at radius 3 is 2.50 bits per heavy atom. The van der Waals surface area contributed by atoms with Gasteiger partial charge in [-0.2, -0.15) is 4.31 Å². The van der Waals surface area contributed by atoms with Crippen LogP contribution in [0, 0.1) is 0 Å². The van der Waals surface area contributed by atoms with Gasteiger partial charge in [-0.25, -0.2) is 18.0 Å². The van der Waals surface area contributed by atoms with Crippen molar-refractivity contribution in [3.05, 3.63) is 64.0 Å². The number of hydrogen-bond donors (Lipinski definition) is 0. The van der Waals surface area contributed by atoms with Gasteiger partial charge in [0.1, 0.15) is 28.6 Å². The molecule has 0 radical (unpaired) electrons. The van der Waals surface area contributed by atoms with Crippen LogP contribution in [0.3, 0.4) is 0 Å². The van der Waals surface area contributed by atoms with Crippen molar-refractivity contribution in [1.29, 1.82) is 0 Å². The average Bonchev–Trinajstić information content (AvgIpc) is 2.86. The minimum absolute atomic E-state index is 0.0292. The highest BCUT2D eigenvalue weighted by atomic mass is 32.2. The predicted octanol–water partition coefficient (Wildman–Crippen LogP) is 2.19. The molecule has 0 atom stereocenters. The SMILES string of the molecule is COc1ccc2c(COC(=O)c3ccc(OC)c(S(=O)(=O)N4CCOCC4)c3)cc(=O)oc2c1. The molecule has 11 heteroatoms. The lowest BCUT2D eigenvalue weighted by atomic mass is 10.1. The summed E-state index contributed by atoms with van der Waals surface area (Å²) >= 11 is 0. The van der Waals surface area contributed by atoms with Gasteiger partial charge in [-0.15, -0.1) is 0 Å². The molecule has 0 spiro atoms. The second-order valence-corrected chi connectivity index (χ2v) is 9.32. The highest BCUT2D eigenvalue weighted by Crippen LogP contribution is 2.29. The Morgan fingerprint density at radius 1 is 1.03 bits per heavy atom. The van der Waals surface area contributed by atoms with Gasteiger partial charge in [0.05, 0.1) is 33.0 Å². The first-order valence-corrected chi connectivity index (χ1v) is 11.8. The fourth-order valence-corrected chi connectivity index (χ4v) is 5.20. The van der Waals surface area contributed by atoms with E-state index in [0.29, 0.717) is 22.3 Å². The zero-order chi connectivity index (χ0) is 24.3. The lowest BCUT2D eigenvalue weighted by Crippen LogP contribution is -2.40. The number of carbonyl (C=O) groups excluding carboxylic acids is 1. The van der Waals surface area contributed by atoms with Crippen LogP contribution in [-0.2, 0) is 26.1 Å². The molecule has 0 saturated carbocycles. The Morgan fingerprint density at radius 2 is 1.79 bits per heavy atom. The number of morpholine rings is 1. The maximum atomic E-state index is 13.1. The monoisotopic (exact) mass is 489 g/mol. The number of sulfonamides is 1. The number of rotatable bonds is 7. The quantitative estimate of drug-likeness (QED) is 0.363. The maximum Gasteiger partial charge on any atom is 0.338 e. The Bertz CT molecular complexity index is 1370. The van der Waals surface area contributed by atoms with E-state index in [4.69, 9.17) is 23.4 Å². The standard InChI is InChI=1S/C23H23NO9S/c1-29-17-4-5-18-16(12-22(25)33-20(18)13-17)14-32-23(26)15-3-6-19(30-2)21(11-15)34(27,28)24-7-9-31-10-8-24/h3-6,11-13H,7-10,14H2,1-2H3. The van der Waals surface area contributed by atoms with Crippen molar-refractivity contribution in [2.75, 3.05) is 40.5 Å². The van der Waals surface area contributed by atoms with Crippen molar-refractivity contribution in [1.82, 2.24) is 4.31 Å². The lowest BCUT2D eigenvalue weighted by molar-refractivity contribution is 0.0473. The third-order valence-electron chi connectivity index (χ3n) is 5.38. The summed E-state index contributed by atoms with van der Waals surface area (Å²) in [4.78, 5) is 24.6. The fourth-order valence-electron chi connectivity index (χ4n) is 3.61. The second kappa shape index (κ2) is 9.84. The van der Waals surface area contributed by atoms with Crippen LogP contribution < -0.4 is 15.1 Å². The minimum Gasteiger partial charge on any atom is -0.497 e. The Labute approximate surface area is 195 Å². The van der Waals surface area contributed by atoms with E-state index in [-0.39, 0.29) is 49.1 Å². The molecule has 34 heavy (non-hydrogen) atoms. The third kappa shape index (κ3) is 4.76. The lowest BCUT2D eigenvalue weighted by Gasteiger charge is -2.26. The largest absolute Gasteiger partial charge is 0.497 e. The number of ether oxygens (including phenoxy) is 4. The molecule has 180 valence electrons. The molecule has 1 fully saturated rings. The molecule has 0 amide bonds.